The quantitative estimate of drug-likeness (QED) is 0.680. The van der Waals surface area contributed by atoms with Gasteiger partial charge in [-0.2, -0.15) is 0 Å². The summed E-state index contributed by atoms with van der Waals surface area (Å²) in [5, 5.41) is 3.60. The zero-order chi connectivity index (χ0) is 10.7. The third-order valence-electron chi connectivity index (χ3n) is 4.35. The lowest BCUT2D eigenvalue weighted by Crippen LogP contribution is -2.27. The van der Waals surface area contributed by atoms with Crippen LogP contribution in [0.25, 0.3) is 0 Å². The van der Waals surface area contributed by atoms with E-state index in [1.807, 2.05) is 0 Å². The molecule has 15 heavy (non-hydrogen) atoms. The first kappa shape index (κ1) is 11.2. The van der Waals surface area contributed by atoms with E-state index in [-0.39, 0.29) is 0 Å². The molecular formula is C14H25N. The van der Waals surface area contributed by atoms with Gasteiger partial charge in [0.05, 0.1) is 0 Å². The summed E-state index contributed by atoms with van der Waals surface area (Å²) in [6.45, 7) is 8.82. The lowest BCUT2D eigenvalue weighted by atomic mass is 9.89. The lowest BCUT2D eigenvalue weighted by Gasteiger charge is -2.22. The highest BCUT2D eigenvalue weighted by molar-refractivity contribution is 5.18. The maximum atomic E-state index is 4.21. The second-order valence-electron chi connectivity index (χ2n) is 5.80. The molecule has 0 aromatic heterocycles. The van der Waals surface area contributed by atoms with Crippen LogP contribution >= 0.6 is 0 Å². The molecule has 0 bridgehead atoms. The Balaban J connectivity index is 1.59. The molecule has 0 atom stereocenters. The van der Waals surface area contributed by atoms with Gasteiger partial charge in [0.15, 0.2) is 0 Å². The van der Waals surface area contributed by atoms with Crippen molar-refractivity contribution >= 4 is 0 Å². The smallest absolute Gasteiger partial charge is 0.0167 e. The monoisotopic (exact) mass is 207 g/mol. The number of nitrogens with one attached hydrogen (secondary N) is 1. The Morgan fingerprint density at radius 3 is 2.53 bits per heavy atom. The van der Waals surface area contributed by atoms with Crippen LogP contribution in [0.4, 0.5) is 0 Å². The molecule has 0 aromatic carbocycles. The molecule has 0 saturated heterocycles. The van der Waals surface area contributed by atoms with Crippen LogP contribution in [0.15, 0.2) is 12.2 Å². The average molecular weight is 207 g/mol. The summed E-state index contributed by atoms with van der Waals surface area (Å²) < 4.78 is 0. The van der Waals surface area contributed by atoms with Gasteiger partial charge in [0.2, 0.25) is 0 Å². The van der Waals surface area contributed by atoms with Crippen molar-refractivity contribution in [2.24, 2.45) is 11.3 Å². The van der Waals surface area contributed by atoms with Crippen molar-refractivity contribution in [3.63, 3.8) is 0 Å². The number of hydrogen-bond donors (Lipinski definition) is 1. The van der Waals surface area contributed by atoms with Crippen molar-refractivity contribution in [3.05, 3.63) is 12.2 Å². The van der Waals surface area contributed by atoms with Gasteiger partial charge in [-0.25, -0.2) is 0 Å². The first-order chi connectivity index (χ1) is 7.21. The Labute approximate surface area is 94.3 Å². The maximum absolute atomic E-state index is 4.21. The number of hydrogen-bond acceptors (Lipinski definition) is 1. The minimum absolute atomic E-state index is 0.500. The van der Waals surface area contributed by atoms with Crippen molar-refractivity contribution in [1.82, 2.24) is 5.32 Å². The Morgan fingerprint density at radius 2 is 1.93 bits per heavy atom. The van der Waals surface area contributed by atoms with Crippen LogP contribution in [-0.4, -0.2) is 13.1 Å². The Morgan fingerprint density at radius 1 is 1.27 bits per heavy atom. The molecule has 2 saturated carbocycles. The largest absolute Gasteiger partial charge is 0.313 e. The Bertz CT molecular complexity index is 221. The molecule has 2 rings (SSSR count). The van der Waals surface area contributed by atoms with Gasteiger partial charge in [0.1, 0.15) is 0 Å². The molecule has 1 N–H and O–H groups in total. The summed E-state index contributed by atoms with van der Waals surface area (Å²) in [7, 11) is 0. The maximum Gasteiger partial charge on any atom is 0.0167 e. The first-order valence-corrected chi connectivity index (χ1v) is 6.60. The minimum atomic E-state index is 0.500. The van der Waals surface area contributed by atoms with E-state index >= 15 is 0 Å². The van der Waals surface area contributed by atoms with Gasteiger partial charge in [-0.3, -0.25) is 0 Å². The predicted octanol–water partition coefficient (Wildman–Crippen LogP) is 3.51. The van der Waals surface area contributed by atoms with E-state index in [0.29, 0.717) is 5.41 Å². The molecule has 0 amide bonds. The van der Waals surface area contributed by atoms with E-state index in [9.17, 15) is 0 Å². The summed E-state index contributed by atoms with van der Waals surface area (Å²) >= 11 is 0. The summed E-state index contributed by atoms with van der Waals surface area (Å²) in [4.78, 5) is 0. The highest BCUT2D eigenvalue weighted by atomic mass is 14.9. The van der Waals surface area contributed by atoms with Crippen molar-refractivity contribution in [2.75, 3.05) is 13.1 Å². The van der Waals surface area contributed by atoms with Crippen molar-refractivity contribution in [2.45, 2.75) is 51.9 Å². The van der Waals surface area contributed by atoms with Crippen LogP contribution in [0.2, 0.25) is 0 Å². The van der Waals surface area contributed by atoms with Gasteiger partial charge in [-0.1, -0.05) is 38.3 Å². The first-order valence-electron chi connectivity index (χ1n) is 6.60. The highest BCUT2D eigenvalue weighted by Crippen LogP contribution is 2.50. The van der Waals surface area contributed by atoms with E-state index in [0.717, 1.165) is 12.5 Å². The molecule has 86 valence electrons. The van der Waals surface area contributed by atoms with E-state index < -0.39 is 0 Å². The summed E-state index contributed by atoms with van der Waals surface area (Å²) in [6.07, 6.45) is 9.96. The standard InChI is InChI=1S/C14H25N/c1-12(14(2)8-9-14)10-15-11-13-6-4-3-5-7-13/h13,15H,1,3-11H2,2H3. The van der Waals surface area contributed by atoms with E-state index in [1.54, 1.807) is 0 Å². The Kier molecular flexibility index (Phi) is 3.50. The zero-order valence-corrected chi connectivity index (χ0v) is 10.1. The molecule has 0 aromatic rings. The molecule has 0 spiro atoms. The summed E-state index contributed by atoms with van der Waals surface area (Å²) in [5.41, 5.74) is 1.93. The average Bonchev–Trinajstić information content (AvgIpc) is 2.99. The molecule has 0 heterocycles. The molecule has 1 heteroatoms. The normalized spacial score (nSPS) is 25.1. The van der Waals surface area contributed by atoms with Crippen LogP contribution in [0, 0.1) is 11.3 Å². The zero-order valence-electron chi connectivity index (χ0n) is 10.1. The Hall–Kier alpha value is -0.300. The van der Waals surface area contributed by atoms with Crippen LogP contribution in [0.5, 0.6) is 0 Å². The summed E-state index contributed by atoms with van der Waals surface area (Å²) in [5.74, 6) is 0.943. The highest BCUT2D eigenvalue weighted by Gasteiger charge is 2.39. The van der Waals surface area contributed by atoms with Gasteiger partial charge in [-0.15, -0.1) is 0 Å². The fraction of sp³-hybridized carbons (Fsp3) is 0.857. The van der Waals surface area contributed by atoms with Crippen molar-refractivity contribution < 1.29 is 0 Å². The molecule has 1 nitrogen and oxygen atoms in total. The molecule has 0 radical (unpaired) electrons. The van der Waals surface area contributed by atoms with E-state index in [2.05, 4.69) is 18.8 Å². The molecule has 0 aliphatic heterocycles. The van der Waals surface area contributed by atoms with Gasteiger partial charge >= 0.3 is 0 Å². The fourth-order valence-electron chi connectivity index (χ4n) is 2.57. The molecular weight excluding hydrogens is 182 g/mol. The summed E-state index contributed by atoms with van der Waals surface area (Å²) in [6, 6.07) is 0. The van der Waals surface area contributed by atoms with Crippen molar-refractivity contribution in [1.29, 1.82) is 0 Å². The molecule has 2 aliphatic carbocycles. The molecule has 0 unspecified atom stereocenters. The van der Waals surface area contributed by atoms with Crippen LogP contribution < -0.4 is 5.32 Å². The third-order valence-corrected chi connectivity index (χ3v) is 4.35. The van der Waals surface area contributed by atoms with E-state index in [1.165, 1.54) is 57.1 Å². The van der Waals surface area contributed by atoms with Gasteiger partial charge in [0, 0.05) is 6.54 Å². The van der Waals surface area contributed by atoms with E-state index in [4.69, 9.17) is 0 Å². The van der Waals surface area contributed by atoms with Gasteiger partial charge in [-0.05, 0) is 43.6 Å². The molecule has 2 aliphatic rings. The topological polar surface area (TPSA) is 12.0 Å². The van der Waals surface area contributed by atoms with Crippen LogP contribution in [0.1, 0.15) is 51.9 Å². The van der Waals surface area contributed by atoms with Gasteiger partial charge in [0.25, 0.3) is 0 Å². The van der Waals surface area contributed by atoms with Gasteiger partial charge < -0.3 is 5.32 Å². The van der Waals surface area contributed by atoms with Crippen LogP contribution in [0.3, 0.4) is 0 Å². The minimum Gasteiger partial charge on any atom is -0.313 e. The second kappa shape index (κ2) is 4.69. The van der Waals surface area contributed by atoms with Crippen LogP contribution in [-0.2, 0) is 0 Å². The SMILES string of the molecule is C=C(CNCC1CCCCC1)C1(C)CC1. The molecule has 2 fully saturated rings. The number of rotatable bonds is 5. The third kappa shape index (κ3) is 3.07. The fourth-order valence-corrected chi connectivity index (χ4v) is 2.57. The second-order valence-corrected chi connectivity index (χ2v) is 5.80. The van der Waals surface area contributed by atoms with Crippen molar-refractivity contribution in [3.8, 4) is 0 Å². The predicted molar refractivity (Wildman–Crippen MR) is 65.9 cm³/mol. The lowest BCUT2D eigenvalue weighted by molar-refractivity contribution is 0.344.